The predicted molar refractivity (Wildman–Crippen MR) is 64.9 cm³/mol. The van der Waals surface area contributed by atoms with Crippen LogP contribution < -0.4 is 0 Å². The fourth-order valence-corrected chi connectivity index (χ4v) is 2.22. The zero-order chi connectivity index (χ0) is 10.5. The Labute approximate surface area is 96.4 Å². The van der Waals surface area contributed by atoms with Gasteiger partial charge in [0.25, 0.3) is 0 Å². The molecular weight excluding hydrogens is 206 g/mol. The second-order valence-corrected chi connectivity index (χ2v) is 4.29. The summed E-state index contributed by atoms with van der Waals surface area (Å²) in [6.45, 7) is 3.25. The molecule has 0 bridgehead atoms. The van der Waals surface area contributed by atoms with Gasteiger partial charge in [-0.3, -0.25) is 4.90 Å². The van der Waals surface area contributed by atoms with Crippen molar-refractivity contribution in [2.24, 2.45) is 0 Å². The van der Waals surface area contributed by atoms with E-state index in [0.717, 1.165) is 19.5 Å². The summed E-state index contributed by atoms with van der Waals surface area (Å²) in [4.78, 5) is 2.45. The molecule has 1 nitrogen and oxygen atoms in total. The molecule has 1 aliphatic rings. The summed E-state index contributed by atoms with van der Waals surface area (Å²) in [6, 6.07) is 10.6. The van der Waals surface area contributed by atoms with Crippen LogP contribution in [-0.2, 0) is 6.54 Å². The van der Waals surface area contributed by atoms with Gasteiger partial charge >= 0.3 is 0 Å². The molecule has 2 heteroatoms. The first-order valence-electron chi connectivity index (χ1n) is 5.43. The van der Waals surface area contributed by atoms with E-state index in [9.17, 15) is 0 Å². The molecule has 1 fully saturated rings. The first kappa shape index (κ1) is 10.7. The van der Waals surface area contributed by atoms with Gasteiger partial charge < -0.3 is 0 Å². The van der Waals surface area contributed by atoms with Crippen molar-refractivity contribution in [3.63, 3.8) is 0 Å². The third-order valence-electron chi connectivity index (χ3n) is 2.80. The van der Waals surface area contributed by atoms with E-state index < -0.39 is 0 Å². The lowest BCUT2D eigenvalue weighted by Gasteiger charge is -2.28. The highest BCUT2D eigenvalue weighted by Gasteiger charge is 2.13. The van der Waals surface area contributed by atoms with Crippen LogP contribution in [0.25, 0.3) is 0 Å². The van der Waals surface area contributed by atoms with Crippen molar-refractivity contribution >= 4 is 11.6 Å². The molecule has 0 atom stereocenters. The summed E-state index contributed by atoms with van der Waals surface area (Å²) in [5.74, 6) is 0. The van der Waals surface area contributed by atoms with E-state index in [1.165, 1.54) is 24.1 Å². The van der Waals surface area contributed by atoms with Crippen molar-refractivity contribution in [1.29, 1.82) is 0 Å². The minimum atomic E-state index is 1.03. The van der Waals surface area contributed by atoms with Crippen molar-refractivity contribution in [1.82, 2.24) is 4.90 Å². The fourth-order valence-electron chi connectivity index (χ4n) is 2.04. The molecule has 2 rings (SSSR count). The molecule has 1 aromatic rings. The Hall–Kier alpha value is -0.790. The highest BCUT2D eigenvalue weighted by atomic mass is 35.5. The molecule has 0 radical (unpaired) electrons. The topological polar surface area (TPSA) is 3.24 Å². The number of nitrogens with zero attached hydrogens (tertiary/aromatic N) is 1. The summed E-state index contributed by atoms with van der Waals surface area (Å²) < 4.78 is 0. The van der Waals surface area contributed by atoms with Gasteiger partial charge in [-0.2, -0.15) is 0 Å². The van der Waals surface area contributed by atoms with E-state index in [-0.39, 0.29) is 0 Å². The van der Waals surface area contributed by atoms with E-state index in [1.807, 2.05) is 0 Å². The summed E-state index contributed by atoms with van der Waals surface area (Å²) in [5.41, 5.74) is 4.49. The molecule has 15 heavy (non-hydrogen) atoms. The second-order valence-electron chi connectivity index (χ2n) is 4.07. The Morgan fingerprint density at radius 1 is 1.27 bits per heavy atom. The Bertz CT molecular complexity index is 332. The van der Waals surface area contributed by atoms with Gasteiger partial charge in [-0.05, 0) is 30.5 Å². The molecule has 0 saturated carbocycles. The van der Waals surface area contributed by atoms with E-state index in [0.29, 0.717) is 0 Å². The summed E-state index contributed by atoms with van der Waals surface area (Å²) in [5, 5.41) is 0. The maximum Gasteiger partial charge on any atom is 0.0237 e. The molecule has 0 amide bonds. The summed E-state index contributed by atoms with van der Waals surface area (Å²) >= 11 is 5.76. The monoisotopic (exact) mass is 221 g/mol. The first-order valence-corrected chi connectivity index (χ1v) is 5.86. The van der Waals surface area contributed by atoms with Crippen LogP contribution in [-0.4, -0.2) is 18.0 Å². The molecule has 0 aromatic heterocycles. The van der Waals surface area contributed by atoms with Crippen molar-refractivity contribution in [2.75, 3.05) is 13.1 Å². The van der Waals surface area contributed by atoms with Crippen molar-refractivity contribution in [3.8, 4) is 0 Å². The molecular formula is C13H16ClN. The molecule has 1 aromatic carbocycles. The number of likely N-dealkylation sites (tertiary alicyclic amines) is 1. The summed E-state index contributed by atoms with van der Waals surface area (Å²) in [7, 11) is 0. The third-order valence-corrected chi connectivity index (χ3v) is 3.11. The maximum absolute atomic E-state index is 5.76. The number of hydrogen-bond donors (Lipinski definition) is 0. The average Bonchev–Trinajstić information content (AvgIpc) is 2.31. The standard InChI is InChI=1S/C13H16ClN/c14-9-13-7-4-8-15(11-13)10-12-5-2-1-3-6-12/h1-3,5-6,9H,4,7-8,10-11H2/b13-9-. The normalized spacial score (nSPS) is 20.7. The van der Waals surface area contributed by atoms with Crippen molar-refractivity contribution in [3.05, 3.63) is 47.0 Å². The number of halogens is 1. The van der Waals surface area contributed by atoms with E-state index in [4.69, 9.17) is 11.6 Å². The number of hydrogen-bond acceptors (Lipinski definition) is 1. The average molecular weight is 222 g/mol. The van der Waals surface area contributed by atoms with Crippen molar-refractivity contribution in [2.45, 2.75) is 19.4 Å². The van der Waals surface area contributed by atoms with Gasteiger partial charge in [0, 0.05) is 18.6 Å². The zero-order valence-electron chi connectivity index (χ0n) is 8.82. The highest BCUT2D eigenvalue weighted by molar-refractivity contribution is 6.25. The molecule has 1 aliphatic heterocycles. The summed E-state index contributed by atoms with van der Waals surface area (Å²) in [6.07, 6.45) is 2.39. The van der Waals surface area contributed by atoms with Crippen molar-refractivity contribution < 1.29 is 0 Å². The SMILES string of the molecule is Cl/C=C1/CCCN(Cc2ccccc2)C1. The van der Waals surface area contributed by atoms with Crippen LogP contribution in [0.2, 0.25) is 0 Å². The van der Waals surface area contributed by atoms with Crippen LogP contribution in [0.5, 0.6) is 0 Å². The van der Waals surface area contributed by atoms with E-state index in [2.05, 4.69) is 35.2 Å². The van der Waals surface area contributed by atoms with Gasteiger partial charge in [0.05, 0.1) is 0 Å². The Balaban J connectivity index is 1.95. The Morgan fingerprint density at radius 3 is 2.80 bits per heavy atom. The van der Waals surface area contributed by atoms with E-state index >= 15 is 0 Å². The first-order chi connectivity index (χ1) is 7.38. The van der Waals surface area contributed by atoms with Gasteiger partial charge in [-0.25, -0.2) is 0 Å². The quantitative estimate of drug-likeness (QED) is 0.740. The molecule has 80 valence electrons. The lowest BCUT2D eigenvalue weighted by Crippen LogP contribution is -2.30. The number of rotatable bonds is 2. The highest BCUT2D eigenvalue weighted by Crippen LogP contribution is 2.18. The lowest BCUT2D eigenvalue weighted by atomic mass is 10.1. The largest absolute Gasteiger partial charge is 0.295 e. The van der Waals surface area contributed by atoms with Gasteiger partial charge in [0.2, 0.25) is 0 Å². The zero-order valence-corrected chi connectivity index (χ0v) is 9.58. The minimum absolute atomic E-state index is 1.03. The number of benzene rings is 1. The van der Waals surface area contributed by atoms with Gasteiger partial charge in [0.1, 0.15) is 0 Å². The molecule has 0 N–H and O–H groups in total. The van der Waals surface area contributed by atoms with Crippen LogP contribution in [0, 0.1) is 0 Å². The Morgan fingerprint density at radius 2 is 2.07 bits per heavy atom. The fraction of sp³-hybridized carbons (Fsp3) is 0.385. The van der Waals surface area contributed by atoms with Gasteiger partial charge in [0.15, 0.2) is 0 Å². The maximum atomic E-state index is 5.76. The van der Waals surface area contributed by atoms with E-state index in [1.54, 1.807) is 5.54 Å². The molecule has 1 heterocycles. The molecule has 1 saturated heterocycles. The smallest absolute Gasteiger partial charge is 0.0237 e. The minimum Gasteiger partial charge on any atom is -0.295 e. The van der Waals surface area contributed by atoms with Crippen LogP contribution in [0.4, 0.5) is 0 Å². The molecule has 0 spiro atoms. The van der Waals surface area contributed by atoms with Crippen LogP contribution in [0.15, 0.2) is 41.4 Å². The predicted octanol–water partition coefficient (Wildman–Crippen LogP) is 3.41. The second kappa shape index (κ2) is 5.34. The Kier molecular flexibility index (Phi) is 3.81. The van der Waals surface area contributed by atoms with Gasteiger partial charge in [-0.1, -0.05) is 41.9 Å². The van der Waals surface area contributed by atoms with Crippen LogP contribution >= 0.6 is 11.6 Å². The lowest BCUT2D eigenvalue weighted by molar-refractivity contribution is 0.258. The molecule has 0 unspecified atom stereocenters. The van der Waals surface area contributed by atoms with Gasteiger partial charge in [-0.15, -0.1) is 0 Å². The van der Waals surface area contributed by atoms with Crippen LogP contribution in [0.3, 0.4) is 0 Å². The number of piperidine rings is 1. The third kappa shape index (κ3) is 3.08. The van der Waals surface area contributed by atoms with Crippen LogP contribution in [0.1, 0.15) is 18.4 Å². The molecule has 0 aliphatic carbocycles.